The second-order valence-electron chi connectivity index (χ2n) is 5.16. The number of anilines is 1. The summed E-state index contributed by atoms with van der Waals surface area (Å²) in [6, 6.07) is 6.50. The van der Waals surface area contributed by atoms with Crippen molar-refractivity contribution in [3.63, 3.8) is 0 Å². The molecular formula is C16H14ClN3O6. The van der Waals surface area contributed by atoms with Gasteiger partial charge in [-0.3, -0.25) is 25.0 Å². The van der Waals surface area contributed by atoms with Gasteiger partial charge in [0.2, 0.25) is 0 Å². The molecule has 1 amide bonds. The third-order valence-corrected chi connectivity index (χ3v) is 3.82. The van der Waals surface area contributed by atoms with Crippen LogP contribution in [-0.4, -0.2) is 22.4 Å². The zero-order chi connectivity index (χ0) is 19.4. The Kier molecular flexibility index (Phi) is 5.73. The average molecular weight is 380 g/mol. The highest BCUT2D eigenvalue weighted by Gasteiger charge is 2.25. The van der Waals surface area contributed by atoms with E-state index in [0.717, 1.165) is 12.1 Å². The van der Waals surface area contributed by atoms with Crippen molar-refractivity contribution in [1.29, 1.82) is 0 Å². The molecular weight excluding hydrogens is 366 g/mol. The van der Waals surface area contributed by atoms with E-state index in [1.165, 1.54) is 13.0 Å². The van der Waals surface area contributed by atoms with Gasteiger partial charge in [-0.2, -0.15) is 0 Å². The van der Waals surface area contributed by atoms with Crippen LogP contribution in [0.5, 0.6) is 5.75 Å². The maximum atomic E-state index is 12.6. The largest absolute Gasteiger partial charge is 0.490 e. The minimum absolute atomic E-state index is 0.0121. The third kappa shape index (κ3) is 3.89. The fourth-order valence-corrected chi connectivity index (χ4v) is 2.53. The Labute approximate surface area is 152 Å². The van der Waals surface area contributed by atoms with Gasteiger partial charge in [0.15, 0.2) is 5.75 Å². The van der Waals surface area contributed by atoms with E-state index in [-0.39, 0.29) is 27.6 Å². The fourth-order valence-electron chi connectivity index (χ4n) is 2.30. The van der Waals surface area contributed by atoms with E-state index in [4.69, 9.17) is 16.3 Å². The highest BCUT2D eigenvalue weighted by Crippen LogP contribution is 2.34. The minimum Gasteiger partial charge on any atom is -0.490 e. The zero-order valence-electron chi connectivity index (χ0n) is 13.8. The van der Waals surface area contributed by atoms with Crippen LogP contribution >= 0.6 is 11.6 Å². The van der Waals surface area contributed by atoms with Crippen LogP contribution in [0.2, 0.25) is 5.02 Å². The Hall–Kier alpha value is -3.20. The molecule has 10 heteroatoms. The molecule has 0 bridgehead atoms. The molecule has 2 aromatic carbocycles. The molecule has 0 fully saturated rings. The van der Waals surface area contributed by atoms with Gasteiger partial charge in [-0.15, -0.1) is 0 Å². The van der Waals surface area contributed by atoms with Gasteiger partial charge in [0, 0.05) is 11.6 Å². The van der Waals surface area contributed by atoms with E-state index in [1.54, 1.807) is 19.1 Å². The first-order chi connectivity index (χ1) is 12.3. The van der Waals surface area contributed by atoms with Gasteiger partial charge in [0.1, 0.15) is 0 Å². The van der Waals surface area contributed by atoms with Crippen LogP contribution in [0, 0.1) is 27.2 Å². The second-order valence-corrected chi connectivity index (χ2v) is 5.56. The Morgan fingerprint density at radius 2 is 1.92 bits per heavy atom. The first-order valence-electron chi connectivity index (χ1n) is 7.42. The fraction of sp³-hybridized carbons (Fsp3) is 0.188. The standard InChI is InChI=1S/C16H14ClN3O6/c1-3-26-15-12(17)5-4-6-13(15)18-16(21)11-7-10(19(22)23)8-14(9(11)2)20(24)25/h4-8H,3H2,1-2H3,(H,18,21). The van der Waals surface area contributed by atoms with E-state index in [0.29, 0.717) is 6.61 Å². The highest BCUT2D eigenvalue weighted by atomic mass is 35.5. The number of nitrogens with zero attached hydrogens (tertiary/aromatic N) is 2. The van der Waals surface area contributed by atoms with Crippen molar-refractivity contribution in [2.75, 3.05) is 11.9 Å². The average Bonchev–Trinajstić information content (AvgIpc) is 2.57. The lowest BCUT2D eigenvalue weighted by molar-refractivity contribution is -0.394. The Balaban J connectivity index is 2.49. The number of carbonyl (C=O) groups excluding carboxylic acids is 1. The monoisotopic (exact) mass is 379 g/mol. The van der Waals surface area contributed by atoms with Crippen molar-refractivity contribution in [3.05, 3.63) is 66.7 Å². The number of nitrogens with one attached hydrogen (secondary N) is 1. The summed E-state index contributed by atoms with van der Waals surface area (Å²) >= 11 is 6.05. The number of non-ortho nitro benzene ring substituents is 1. The summed E-state index contributed by atoms with van der Waals surface area (Å²) in [6.45, 7) is 3.38. The number of nitro benzene ring substituents is 2. The Morgan fingerprint density at radius 3 is 2.50 bits per heavy atom. The molecule has 0 spiro atoms. The molecule has 9 nitrogen and oxygen atoms in total. The molecule has 0 saturated carbocycles. The normalized spacial score (nSPS) is 10.3. The lowest BCUT2D eigenvalue weighted by atomic mass is 10.0. The van der Waals surface area contributed by atoms with Gasteiger partial charge in [0.25, 0.3) is 17.3 Å². The van der Waals surface area contributed by atoms with Gasteiger partial charge in [-0.25, -0.2) is 0 Å². The summed E-state index contributed by atoms with van der Waals surface area (Å²) in [5.41, 5.74) is -0.992. The SMILES string of the molecule is CCOc1c(Cl)cccc1NC(=O)c1cc([N+](=O)[O-])cc([N+](=O)[O-])c1C. The number of benzene rings is 2. The van der Waals surface area contributed by atoms with Crippen molar-refractivity contribution >= 4 is 34.6 Å². The van der Waals surface area contributed by atoms with Gasteiger partial charge in [0.05, 0.1) is 38.8 Å². The molecule has 0 aromatic heterocycles. The van der Waals surface area contributed by atoms with Crippen molar-refractivity contribution in [3.8, 4) is 5.75 Å². The third-order valence-electron chi connectivity index (χ3n) is 3.52. The number of amides is 1. The number of hydrogen-bond acceptors (Lipinski definition) is 6. The van der Waals surface area contributed by atoms with Gasteiger partial charge >= 0.3 is 0 Å². The van der Waals surface area contributed by atoms with Crippen LogP contribution in [0.4, 0.5) is 17.1 Å². The maximum Gasteiger partial charge on any atom is 0.279 e. The molecule has 2 aromatic rings. The summed E-state index contributed by atoms with van der Waals surface area (Å²) in [4.78, 5) is 33.2. The predicted molar refractivity (Wildman–Crippen MR) is 95.1 cm³/mol. The van der Waals surface area contributed by atoms with Crippen LogP contribution in [0.1, 0.15) is 22.8 Å². The molecule has 0 aliphatic carbocycles. The molecule has 2 rings (SSSR count). The van der Waals surface area contributed by atoms with Crippen LogP contribution in [0.25, 0.3) is 0 Å². The lowest BCUT2D eigenvalue weighted by Crippen LogP contribution is -2.15. The molecule has 0 radical (unpaired) electrons. The number of ether oxygens (including phenoxy) is 1. The van der Waals surface area contributed by atoms with Crippen LogP contribution in [0.3, 0.4) is 0 Å². The molecule has 0 aliphatic rings. The van der Waals surface area contributed by atoms with Crippen LogP contribution < -0.4 is 10.1 Å². The van der Waals surface area contributed by atoms with Crippen molar-refractivity contribution in [2.24, 2.45) is 0 Å². The highest BCUT2D eigenvalue weighted by molar-refractivity contribution is 6.32. The van der Waals surface area contributed by atoms with Crippen LogP contribution in [-0.2, 0) is 0 Å². The summed E-state index contributed by atoms with van der Waals surface area (Å²) < 4.78 is 5.40. The summed E-state index contributed by atoms with van der Waals surface area (Å²) in [7, 11) is 0. The van der Waals surface area contributed by atoms with Gasteiger partial charge < -0.3 is 10.1 Å². The van der Waals surface area contributed by atoms with Crippen molar-refractivity contribution in [1.82, 2.24) is 0 Å². The zero-order valence-corrected chi connectivity index (χ0v) is 14.6. The van der Waals surface area contributed by atoms with E-state index in [2.05, 4.69) is 5.32 Å². The summed E-state index contributed by atoms with van der Waals surface area (Å²) in [5, 5.41) is 24.9. The summed E-state index contributed by atoms with van der Waals surface area (Å²) in [6.07, 6.45) is 0. The summed E-state index contributed by atoms with van der Waals surface area (Å²) in [5.74, 6) is -0.514. The number of rotatable bonds is 6. The molecule has 0 heterocycles. The van der Waals surface area contributed by atoms with Gasteiger partial charge in [-0.1, -0.05) is 17.7 Å². The van der Waals surface area contributed by atoms with Crippen molar-refractivity contribution < 1.29 is 19.4 Å². The Bertz CT molecular complexity index is 900. The van der Waals surface area contributed by atoms with E-state index in [1.807, 2.05) is 0 Å². The number of nitro groups is 2. The van der Waals surface area contributed by atoms with Gasteiger partial charge in [-0.05, 0) is 26.0 Å². The second kappa shape index (κ2) is 7.79. The van der Waals surface area contributed by atoms with Crippen molar-refractivity contribution in [2.45, 2.75) is 13.8 Å². The van der Waals surface area contributed by atoms with Crippen LogP contribution in [0.15, 0.2) is 30.3 Å². The number of halogens is 1. The number of para-hydroxylation sites is 1. The molecule has 26 heavy (non-hydrogen) atoms. The number of hydrogen-bond donors (Lipinski definition) is 1. The first kappa shape index (κ1) is 19.1. The molecule has 0 atom stereocenters. The molecule has 1 N–H and O–H groups in total. The lowest BCUT2D eigenvalue weighted by Gasteiger charge is -2.13. The minimum atomic E-state index is -0.797. The molecule has 0 saturated heterocycles. The topological polar surface area (TPSA) is 125 Å². The first-order valence-corrected chi connectivity index (χ1v) is 7.80. The molecule has 0 aliphatic heterocycles. The quantitative estimate of drug-likeness (QED) is 0.594. The van der Waals surface area contributed by atoms with E-state index in [9.17, 15) is 25.0 Å². The maximum absolute atomic E-state index is 12.6. The van der Waals surface area contributed by atoms with E-state index >= 15 is 0 Å². The van der Waals surface area contributed by atoms with E-state index < -0.39 is 27.1 Å². The molecule has 0 unspecified atom stereocenters. The Morgan fingerprint density at radius 1 is 1.23 bits per heavy atom. The number of carbonyl (C=O) groups is 1. The smallest absolute Gasteiger partial charge is 0.279 e. The molecule has 136 valence electrons. The predicted octanol–water partition coefficient (Wildman–Crippen LogP) is 4.12.